The summed E-state index contributed by atoms with van der Waals surface area (Å²) in [5, 5.41) is 18.3. The monoisotopic (exact) mass is 397 g/mol. The zero-order chi connectivity index (χ0) is 21.4. The van der Waals surface area contributed by atoms with Gasteiger partial charge in [0.2, 0.25) is 0 Å². The number of esters is 1. The fourth-order valence-electron chi connectivity index (χ4n) is 3.15. The molecule has 154 valence electrons. The van der Waals surface area contributed by atoms with Crippen LogP contribution in [0.15, 0.2) is 48.5 Å². The van der Waals surface area contributed by atoms with Crippen molar-refractivity contribution in [3.05, 3.63) is 59.7 Å². The van der Waals surface area contributed by atoms with E-state index in [0.717, 1.165) is 24.0 Å². The third kappa shape index (κ3) is 6.19. The highest BCUT2D eigenvalue weighted by molar-refractivity contribution is 5.91. The molecule has 2 rings (SSSR count). The van der Waals surface area contributed by atoms with Crippen LogP contribution in [0.1, 0.15) is 50.7 Å². The first-order valence-corrected chi connectivity index (χ1v) is 9.66. The van der Waals surface area contributed by atoms with Gasteiger partial charge in [0.25, 0.3) is 0 Å². The van der Waals surface area contributed by atoms with Gasteiger partial charge in [0, 0.05) is 6.42 Å². The molecule has 0 bridgehead atoms. The van der Waals surface area contributed by atoms with E-state index in [1.165, 1.54) is 11.1 Å². The van der Waals surface area contributed by atoms with E-state index in [0.29, 0.717) is 5.75 Å². The molecule has 0 heterocycles. The molecule has 0 saturated carbocycles. The Morgan fingerprint density at radius 2 is 1.41 bits per heavy atom. The normalized spacial score (nSPS) is 12.8. The van der Waals surface area contributed by atoms with Gasteiger partial charge in [-0.15, -0.1) is 0 Å². The van der Waals surface area contributed by atoms with Crippen LogP contribution >= 0.6 is 0 Å². The number of ether oxygens (including phenoxy) is 1. The molecule has 0 unspecified atom stereocenters. The standard InChI is InChI=1S/C23H27NO5/c1-3-19(15-5-9-17(25)10-6-15)20(4-2)16-7-11-18(12-8-16)29-22(26)14-13-21(24)23(27)28/h5-12,21,25H,3-4,13-14,24H2,1-2H3,(H,27,28)/t21-/m0/s1. The number of phenols is 1. The predicted octanol–water partition coefficient (Wildman–Crippen LogP) is 4.22. The van der Waals surface area contributed by atoms with Gasteiger partial charge < -0.3 is 20.7 Å². The summed E-state index contributed by atoms with van der Waals surface area (Å²) in [4.78, 5) is 22.6. The van der Waals surface area contributed by atoms with E-state index in [1.807, 2.05) is 24.3 Å². The first kappa shape index (κ1) is 22.2. The molecule has 0 aliphatic rings. The predicted molar refractivity (Wildman–Crippen MR) is 112 cm³/mol. The number of allylic oxidation sites excluding steroid dienone is 2. The molecule has 29 heavy (non-hydrogen) atoms. The van der Waals surface area contributed by atoms with E-state index < -0.39 is 18.0 Å². The highest BCUT2D eigenvalue weighted by Gasteiger charge is 2.15. The van der Waals surface area contributed by atoms with Crippen molar-refractivity contribution in [3.63, 3.8) is 0 Å². The molecule has 0 amide bonds. The number of nitrogens with two attached hydrogens (primary N) is 1. The van der Waals surface area contributed by atoms with Crippen molar-refractivity contribution in [1.29, 1.82) is 0 Å². The van der Waals surface area contributed by atoms with Crippen LogP contribution < -0.4 is 10.5 Å². The molecule has 0 aliphatic heterocycles. The minimum atomic E-state index is -1.14. The minimum absolute atomic E-state index is 0.0292. The summed E-state index contributed by atoms with van der Waals surface area (Å²) in [5.74, 6) is -1.01. The molecule has 0 fully saturated rings. The largest absolute Gasteiger partial charge is 0.508 e. The third-order valence-electron chi connectivity index (χ3n) is 4.70. The third-order valence-corrected chi connectivity index (χ3v) is 4.70. The molecule has 4 N–H and O–H groups in total. The summed E-state index contributed by atoms with van der Waals surface area (Å²) in [5.41, 5.74) is 9.87. The Bertz CT molecular complexity index is 869. The van der Waals surface area contributed by atoms with Gasteiger partial charge >= 0.3 is 11.9 Å². The molecule has 0 saturated heterocycles. The Hall–Kier alpha value is -3.12. The molecular formula is C23H27NO5. The first-order valence-electron chi connectivity index (χ1n) is 9.66. The Morgan fingerprint density at radius 3 is 1.86 bits per heavy atom. The molecule has 1 atom stereocenters. The van der Waals surface area contributed by atoms with Crippen LogP contribution in [0.3, 0.4) is 0 Å². The smallest absolute Gasteiger partial charge is 0.320 e. The molecule has 0 aromatic heterocycles. The maximum absolute atomic E-state index is 11.9. The van der Waals surface area contributed by atoms with Crippen LogP contribution in [0.25, 0.3) is 11.1 Å². The van der Waals surface area contributed by atoms with E-state index >= 15 is 0 Å². The number of benzene rings is 2. The van der Waals surface area contributed by atoms with Crippen molar-refractivity contribution in [2.24, 2.45) is 5.73 Å². The SMILES string of the molecule is CCC(=C(CC)c1ccc(OC(=O)CC[C@H](N)C(=O)O)cc1)c1ccc(O)cc1. The van der Waals surface area contributed by atoms with Crippen LogP contribution in [0.2, 0.25) is 0 Å². The van der Waals surface area contributed by atoms with Crippen molar-refractivity contribution >= 4 is 23.1 Å². The van der Waals surface area contributed by atoms with E-state index in [1.54, 1.807) is 24.3 Å². The second-order valence-electron chi connectivity index (χ2n) is 6.69. The van der Waals surface area contributed by atoms with Crippen molar-refractivity contribution in [3.8, 4) is 11.5 Å². The number of carboxylic acid groups (broad SMARTS) is 1. The molecular weight excluding hydrogens is 370 g/mol. The number of hydrogen-bond donors (Lipinski definition) is 3. The summed E-state index contributed by atoms with van der Waals surface area (Å²) >= 11 is 0. The van der Waals surface area contributed by atoms with Crippen LogP contribution in [0, 0.1) is 0 Å². The second-order valence-corrected chi connectivity index (χ2v) is 6.69. The molecule has 0 radical (unpaired) electrons. The lowest BCUT2D eigenvalue weighted by Gasteiger charge is -2.15. The van der Waals surface area contributed by atoms with Crippen molar-refractivity contribution in [2.45, 2.75) is 45.6 Å². The van der Waals surface area contributed by atoms with Gasteiger partial charge in [0.05, 0.1) is 0 Å². The fourth-order valence-corrected chi connectivity index (χ4v) is 3.15. The highest BCUT2D eigenvalue weighted by Crippen LogP contribution is 2.32. The molecule has 0 spiro atoms. The van der Waals surface area contributed by atoms with Gasteiger partial charge in [-0.25, -0.2) is 0 Å². The Morgan fingerprint density at radius 1 is 0.931 bits per heavy atom. The van der Waals surface area contributed by atoms with Crippen LogP contribution in [-0.4, -0.2) is 28.2 Å². The zero-order valence-corrected chi connectivity index (χ0v) is 16.7. The molecule has 0 aliphatic carbocycles. The van der Waals surface area contributed by atoms with Gasteiger partial charge in [-0.1, -0.05) is 38.1 Å². The summed E-state index contributed by atoms with van der Waals surface area (Å²) < 4.78 is 5.27. The Kier molecular flexibility index (Phi) is 7.98. The summed E-state index contributed by atoms with van der Waals surface area (Å²) in [7, 11) is 0. The number of hydrogen-bond acceptors (Lipinski definition) is 5. The number of aliphatic carboxylic acids is 1. The number of rotatable bonds is 9. The lowest BCUT2D eigenvalue weighted by atomic mass is 9.91. The molecule has 2 aromatic rings. The second kappa shape index (κ2) is 10.4. The van der Waals surface area contributed by atoms with E-state index in [-0.39, 0.29) is 18.6 Å². The van der Waals surface area contributed by atoms with E-state index in [4.69, 9.17) is 15.6 Å². The maximum atomic E-state index is 11.9. The van der Waals surface area contributed by atoms with E-state index in [2.05, 4.69) is 13.8 Å². The minimum Gasteiger partial charge on any atom is -0.508 e. The topological polar surface area (TPSA) is 110 Å². The first-order chi connectivity index (χ1) is 13.8. The Balaban J connectivity index is 2.15. The average molecular weight is 397 g/mol. The number of carbonyl (C=O) groups excluding carboxylic acids is 1. The van der Waals surface area contributed by atoms with Gasteiger partial charge in [0.1, 0.15) is 17.5 Å². The zero-order valence-electron chi connectivity index (χ0n) is 16.7. The lowest BCUT2D eigenvalue weighted by molar-refractivity contribution is -0.139. The summed E-state index contributed by atoms with van der Waals surface area (Å²) in [6.07, 6.45) is 1.64. The fraction of sp³-hybridized carbons (Fsp3) is 0.304. The van der Waals surface area contributed by atoms with Gasteiger partial charge in [-0.3, -0.25) is 9.59 Å². The molecule has 6 heteroatoms. The average Bonchev–Trinajstić information content (AvgIpc) is 2.71. The quantitative estimate of drug-likeness (QED) is 0.332. The number of carbonyl (C=O) groups is 2. The van der Waals surface area contributed by atoms with E-state index in [9.17, 15) is 14.7 Å². The van der Waals surface area contributed by atoms with Gasteiger partial charge in [-0.05, 0) is 65.8 Å². The van der Waals surface area contributed by atoms with Crippen molar-refractivity contribution < 1.29 is 24.5 Å². The lowest BCUT2D eigenvalue weighted by Crippen LogP contribution is -2.31. The van der Waals surface area contributed by atoms with Crippen LogP contribution in [0.4, 0.5) is 0 Å². The highest BCUT2D eigenvalue weighted by atomic mass is 16.5. The van der Waals surface area contributed by atoms with Crippen molar-refractivity contribution in [1.82, 2.24) is 0 Å². The number of phenolic OH excluding ortho intramolecular Hbond substituents is 1. The summed E-state index contributed by atoms with van der Waals surface area (Å²) in [6.45, 7) is 4.18. The Labute approximate surface area is 170 Å². The summed E-state index contributed by atoms with van der Waals surface area (Å²) in [6, 6.07) is 13.3. The van der Waals surface area contributed by atoms with Crippen LogP contribution in [0.5, 0.6) is 11.5 Å². The van der Waals surface area contributed by atoms with Crippen molar-refractivity contribution in [2.75, 3.05) is 0 Å². The maximum Gasteiger partial charge on any atom is 0.320 e. The number of aromatic hydroxyl groups is 1. The molecule has 6 nitrogen and oxygen atoms in total. The van der Waals surface area contributed by atoms with Gasteiger partial charge in [0.15, 0.2) is 0 Å². The molecule has 2 aromatic carbocycles. The van der Waals surface area contributed by atoms with Gasteiger partial charge in [-0.2, -0.15) is 0 Å². The van der Waals surface area contributed by atoms with Crippen LogP contribution in [-0.2, 0) is 9.59 Å². The number of carboxylic acids is 1.